The molecule has 107 heavy (non-hydrogen) atoms. The highest BCUT2D eigenvalue weighted by atomic mass is 19.4. The number of alkyl halides is 9. The number of allylic oxidation sites excluding steroid dienone is 1. The second kappa shape index (κ2) is 27.1. The molecule has 6 aromatic carbocycles. The molecule has 0 saturated heterocycles. The standard InChI is InChI=1S/C26H22F4N4O4.C26H20F4N4O2.C23H16F4N4O2/c1-32-9-8-20-21(13-33(12-19(36)14-35)23(20)24(32)37)25(38,26(28,29)30)16-2-7-22-15(10-16)11-31-34(22)18-5-3-17(27)4-6-18;1-3-11-33-15-21(20-10-12-32(2)24(35)23(20)33)25(36,26(28,29)30)17-4-9-22-16(13-17)14-31-34(22)19-7-5-18(27)6-8-19;1-30-9-8-17-18(12-28-20(17)21(30)32)22(33,23(25,26)27)14-2-7-19-13(10-14)11-29-31(19)16-5-3-15(24)4-6-16/h2-11,13,19,35-36,38H,12,14H2,1H3;3-10,12-15,36H,1,11H2,2H3;2-12,28,33H,1H3. The van der Waals surface area contributed by atoms with Crippen molar-refractivity contribution in [3.8, 4) is 17.1 Å². The quantitative estimate of drug-likeness (QED) is 0.0441. The van der Waals surface area contributed by atoms with Crippen LogP contribution < -0.4 is 16.7 Å². The number of rotatable bonds is 14. The number of hydrogen-bond donors (Lipinski definition) is 6. The fraction of sp³-hybridized carbons (Fsp3) is 0.173. The summed E-state index contributed by atoms with van der Waals surface area (Å²) in [6, 6.07) is 31.6. The summed E-state index contributed by atoms with van der Waals surface area (Å²) >= 11 is 0. The number of aromatic amines is 1. The lowest BCUT2D eigenvalue weighted by molar-refractivity contribution is -0.248. The number of aliphatic hydroxyl groups is 5. The van der Waals surface area contributed by atoms with Crippen LogP contribution >= 0.6 is 0 Å². The van der Waals surface area contributed by atoms with Crippen LogP contribution in [0.25, 0.3) is 82.5 Å². The molecule has 0 fully saturated rings. The Labute approximate surface area is 593 Å². The van der Waals surface area contributed by atoms with Crippen molar-refractivity contribution in [2.75, 3.05) is 6.61 Å². The first-order valence-corrected chi connectivity index (χ1v) is 32.2. The number of fused-ring (bicyclic) bond motifs is 6. The average Bonchev–Trinajstić information content (AvgIpc) is 1.67. The minimum absolute atomic E-state index is 0.0121. The van der Waals surface area contributed by atoms with E-state index in [4.69, 9.17) is 0 Å². The molecule has 0 aliphatic heterocycles. The zero-order valence-corrected chi connectivity index (χ0v) is 56.0. The largest absolute Gasteiger partial charge is 0.425 e. The van der Waals surface area contributed by atoms with Crippen LogP contribution in [0, 0.1) is 17.5 Å². The Morgan fingerprint density at radius 3 is 1.16 bits per heavy atom. The monoisotopic (exact) mass is 1480 g/mol. The highest BCUT2D eigenvalue weighted by Gasteiger charge is 2.60. The van der Waals surface area contributed by atoms with E-state index < -0.39 is 116 Å². The number of aliphatic hydroxyl groups excluding tert-OH is 2. The van der Waals surface area contributed by atoms with Crippen LogP contribution in [-0.4, -0.2) is 114 Å². The lowest BCUT2D eigenvalue weighted by Crippen LogP contribution is -2.43. The fourth-order valence-corrected chi connectivity index (χ4v) is 13.2. The third-order valence-corrected chi connectivity index (χ3v) is 18.6. The molecule has 0 aliphatic carbocycles. The summed E-state index contributed by atoms with van der Waals surface area (Å²) in [6.07, 6.45) is -4.15. The van der Waals surface area contributed by atoms with Gasteiger partial charge >= 0.3 is 18.5 Å². The van der Waals surface area contributed by atoms with Gasteiger partial charge in [-0.15, -0.1) is 6.58 Å². The number of nitrogens with zero attached hydrogens (tertiary/aromatic N) is 11. The van der Waals surface area contributed by atoms with Gasteiger partial charge in [-0.25, -0.2) is 27.2 Å². The third-order valence-electron chi connectivity index (χ3n) is 18.6. The summed E-state index contributed by atoms with van der Waals surface area (Å²) < 4.78 is 182. The molecule has 32 heteroatoms. The van der Waals surface area contributed by atoms with Crippen LogP contribution in [0.5, 0.6) is 0 Å². The molecule has 9 heterocycles. The van der Waals surface area contributed by atoms with Crippen molar-refractivity contribution in [1.29, 1.82) is 0 Å². The smallest absolute Gasteiger partial charge is 0.394 e. The van der Waals surface area contributed by atoms with Crippen molar-refractivity contribution >= 4 is 65.4 Å². The topological polar surface area (TPSA) is 246 Å². The first kappa shape index (κ1) is 73.2. The Bertz CT molecular complexity index is 6130. The maximum atomic E-state index is 14.7. The highest BCUT2D eigenvalue weighted by molar-refractivity contribution is 5.89. The van der Waals surface area contributed by atoms with Gasteiger partial charge in [0.2, 0.25) is 16.8 Å². The van der Waals surface area contributed by atoms with E-state index in [1.54, 1.807) is 0 Å². The van der Waals surface area contributed by atoms with Gasteiger partial charge in [-0.3, -0.25) is 14.4 Å². The molecule has 6 N–H and O–H groups in total. The Balaban J connectivity index is 0.000000142. The molecule has 20 nitrogen and oxygen atoms in total. The van der Waals surface area contributed by atoms with Crippen molar-refractivity contribution in [3.05, 3.63) is 296 Å². The predicted octanol–water partition coefficient (Wildman–Crippen LogP) is 11.9. The maximum absolute atomic E-state index is 14.7. The van der Waals surface area contributed by atoms with Crippen LogP contribution in [0.15, 0.2) is 228 Å². The van der Waals surface area contributed by atoms with Gasteiger partial charge in [0.25, 0.3) is 16.7 Å². The second-order valence-corrected chi connectivity index (χ2v) is 25.3. The molecule has 9 aromatic heterocycles. The Kier molecular flexibility index (Phi) is 18.6. The molecule has 550 valence electrons. The Morgan fingerprint density at radius 1 is 0.467 bits per heavy atom. The third kappa shape index (κ3) is 12.5. The van der Waals surface area contributed by atoms with E-state index in [0.717, 1.165) is 45.9 Å². The minimum atomic E-state index is -5.22. The van der Waals surface area contributed by atoms with E-state index in [2.05, 4.69) is 26.9 Å². The van der Waals surface area contributed by atoms with Crippen LogP contribution in [0.1, 0.15) is 33.4 Å². The Hall–Kier alpha value is -12.1. The molecular formula is C75H58F12N12O8. The van der Waals surface area contributed by atoms with Gasteiger partial charge in [0.05, 0.1) is 71.5 Å². The molecule has 0 radical (unpaired) electrons. The summed E-state index contributed by atoms with van der Waals surface area (Å²) in [6.45, 7) is 2.64. The second-order valence-electron chi connectivity index (χ2n) is 25.3. The zero-order valence-electron chi connectivity index (χ0n) is 56.0. The molecule has 15 aromatic rings. The van der Waals surface area contributed by atoms with Crippen LogP contribution in [0.2, 0.25) is 0 Å². The summed E-state index contributed by atoms with van der Waals surface area (Å²) in [7, 11) is 4.39. The zero-order chi connectivity index (χ0) is 76.8. The van der Waals surface area contributed by atoms with E-state index in [9.17, 15) is 92.6 Å². The van der Waals surface area contributed by atoms with E-state index >= 15 is 0 Å². The van der Waals surface area contributed by atoms with E-state index in [-0.39, 0.29) is 51.2 Å². The highest BCUT2D eigenvalue weighted by Crippen LogP contribution is 2.51. The van der Waals surface area contributed by atoms with E-state index in [0.29, 0.717) is 44.4 Å². The molecule has 4 atom stereocenters. The Morgan fingerprint density at radius 2 is 0.804 bits per heavy atom. The molecule has 0 bridgehead atoms. The number of H-pyrrole nitrogens is 1. The average molecular weight is 1480 g/mol. The van der Waals surface area contributed by atoms with Crippen molar-refractivity contribution in [2.45, 2.75) is 54.5 Å². The predicted molar refractivity (Wildman–Crippen MR) is 371 cm³/mol. The first-order chi connectivity index (χ1) is 50.6. The van der Waals surface area contributed by atoms with Crippen molar-refractivity contribution < 1.29 is 78.2 Å². The van der Waals surface area contributed by atoms with E-state index in [1.165, 1.54) is 220 Å². The number of pyridine rings is 3. The number of aromatic nitrogens is 12. The van der Waals surface area contributed by atoms with Gasteiger partial charge in [-0.2, -0.15) is 54.8 Å². The van der Waals surface area contributed by atoms with Gasteiger partial charge in [0.15, 0.2) is 0 Å². The molecule has 0 spiro atoms. The van der Waals surface area contributed by atoms with Gasteiger partial charge in [-0.1, -0.05) is 24.3 Å². The van der Waals surface area contributed by atoms with Crippen molar-refractivity contribution in [3.63, 3.8) is 0 Å². The van der Waals surface area contributed by atoms with Crippen molar-refractivity contribution in [2.24, 2.45) is 21.1 Å². The number of aryl methyl sites for hydroxylation is 3. The summed E-state index contributed by atoms with van der Waals surface area (Å²) in [5, 5.41) is 66.6. The fourth-order valence-electron chi connectivity index (χ4n) is 13.2. The number of benzene rings is 6. The van der Waals surface area contributed by atoms with Crippen LogP contribution in [0.3, 0.4) is 0 Å². The minimum Gasteiger partial charge on any atom is -0.394 e. The first-order valence-electron chi connectivity index (χ1n) is 32.2. The lowest BCUT2D eigenvalue weighted by Gasteiger charge is -2.31. The molecular weight excluding hydrogens is 1420 g/mol. The van der Waals surface area contributed by atoms with Crippen LogP contribution in [0.4, 0.5) is 52.7 Å². The number of halogens is 12. The van der Waals surface area contributed by atoms with Crippen molar-refractivity contribution in [1.82, 2.24) is 57.2 Å². The summed E-state index contributed by atoms with van der Waals surface area (Å²) in [5.41, 5.74) is -12.2. The molecule has 0 amide bonds. The van der Waals surface area contributed by atoms with Gasteiger partial charge in [0, 0.05) is 114 Å². The molecule has 0 saturated carbocycles. The summed E-state index contributed by atoms with van der Waals surface area (Å²) in [4.78, 5) is 40.6. The van der Waals surface area contributed by atoms with Gasteiger partial charge in [0.1, 0.15) is 34.0 Å². The van der Waals surface area contributed by atoms with E-state index in [1.807, 2.05) is 0 Å². The molecule has 0 aliphatic rings. The lowest BCUT2D eigenvalue weighted by atomic mass is 9.85. The van der Waals surface area contributed by atoms with Gasteiger partial charge < -0.3 is 53.4 Å². The SMILES string of the molecule is C=CCn1cc(C(O)(c2ccc3c(cnn3-c3ccc(F)cc3)c2)C(F)(F)F)c2ccn(C)c(=O)c21.Cn1ccc2c(C(O)(c3ccc4c(cnn4-c4ccc(F)cc4)c3)C(F)(F)F)c[nH]c2c1=O.Cn1ccc2c(C(O)(c3ccc4c(cnn4-c4ccc(F)cc4)c3)C(F)(F)F)cn(CC(O)CO)c2c1=O. The van der Waals surface area contributed by atoms with Gasteiger partial charge in [-0.05, 0) is 144 Å². The normalized spacial score (nSPS) is 14.2. The van der Waals surface area contributed by atoms with Crippen LogP contribution in [-0.2, 0) is 51.0 Å². The number of nitrogens with one attached hydrogen (secondary N) is 1. The molecule has 4 unspecified atom stereocenters. The summed E-state index contributed by atoms with van der Waals surface area (Å²) in [5.74, 6) is -1.32. The molecule has 15 rings (SSSR count). The maximum Gasteiger partial charge on any atom is 0.425 e. The number of hydrogen-bond acceptors (Lipinski definition) is 11.